The van der Waals surface area contributed by atoms with Crippen molar-refractivity contribution in [1.82, 2.24) is 5.32 Å². The van der Waals surface area contributed by atoms with Crippen LogP contribution in [0.5, 0.6) is 0 Å². The van der Waals surface area contributed by atoms with Gasteiger partial charge in [-0.25, -0.2) is 0 Å². The molecule has 0 saturated heterocycles. The van der Waals surface area contributed by atoms with Crippen LogP contribution >= 0.6 is 0 Å². The number of amides is 1. The van der Waals surface area contributed by atoms with E-state index in [1.807, 2.05) is 72.8 Å². The van der Waals surface area contributed by atoms with Crippen LogP contribution in [-0.2, 0) is 5.66 Å². The number of ketones is 1. The summed E-state index contributed by atoms with van der Waals surface area (Å²) < 4.78 is 0. The van der Waals surface area contributed by atoms with Crippen molar-refractivity contribution in [3.05, 3.63) is 101 Å². The summed E-state index contributed by atoms with van der Waals surface area (Å²) in [5.41, 5.74) is 2.67. The smallest absolute Gasteiger partial charge is 0.255 e. The molecule has 1 aliphatic carbocycles. The summed E-state index contributed by atoms with van der Waals surface area (Å²) in [6, 6.07) is 24.5. The fourth-order valence-electron chi connectivity index (χ4n) is 4.16. The molecule has 4 nitrogen and oxygen atoms in total. The lowest BCUT2D eigenvalue weighted by molar-refractivity contribution is 0.0854. The highest BCUT2D eigenvalue weighted by atomic mass is 16.2. The Morgan fingerprint density at radius 3 is 2.15 bits per heavy atom. The number of anilines is 1. The molecule has 2 N–H and O–H groups in total. The van der Waals surface area contributed by atoms with Crippen LogP contribution in [0.2, 0.25) is 0 Å². The van der Waals surface area contributed by atoms with Crippen molar-refractivity contribution in [2.24, 2.45) is 0 Å². The molecule has 3 aromatic rings. The SMILES string of the molecule is O=C1N[C@]2(Nc3ccccc31)c1ccccc1C(=O)[C@H]2c1ccccc1. The maximum absolute atomic E-state index is 13.3. The molecule has 3 aromatic carbocycles. The van der Waals surface area contributed by atoms with Crippen molar-refractivity contribution >= 4 is 17.4 Å². The van der Waals surface area contributed by atoms with E-state index in [0.717, 1.165) is 16.8 Å². The first kappa shape index (κ1) is 14.9. The molecule has 1 aliphatic heterocycles. The largest absolute Gasteiger partial charge is 0.357 e. The Morgan fingerprint density at radius 2 is 1.35 bits per heavy atom. The average Bonchev–Trinajstić information content (AvgIpc) is 2.91. The normalized spacial score (nSPS) is 23.2. The van der Waals surface area contributed by atoms with Gasteiger partial charge in [-0.3, -0.25) is 9.59 Å². The number of hydrogen-bond donors (Lipinski definition) is 2. The van der Waals surface area contributed by atoms with E-state index in [2.05, 4.69) is 10.6 Å². The average molecular weight is 340 g/mol. The van der Waals surface area contributed by atoms with Gasteiger partial charge in [0.25, 0.3) is 5.91 Å². The van der Waals surface area contributed by atoms with E-state index >= 15 is 0 Å². The van der Waals surface area contributed by atoms with Gasteiger partial charge in [0.05, 0.1) is 11.5 Å². The lowest BCUT2D eigenvalue weighted by Gasteiger charge is -2.42. The lowest BCUT2D eigenvalue weighted by atomic mass is 9.83. The van der Waals surface area contributed by atoms with Gasteiger partial charge in [-0.2, -0.15) is 0 Å². The van der Waals surface area contributed by atoms with E-state index < -0.39 is 11.6 Å². The van der Waals surface area contributed by atoms with Crippen LogP contribution in [0.4, 0.5) is 5.69 Å². The van der Waals surface area contributed by atoms with Gasteiger partial charge < -0.3 is 10.6 Å². The number of carbonyl (C=O) groups excluding carboxylic acids is 2. The maximum Gasteiger partial charge on any atom is 0.255 e. The van der Waals surface area contributed by atoms with Crippen molar-refractivity contribution in [1.29, 1.82) is 0 Å². The number of Topliss-reactive ketones (excluding diaryl/α,β-unsaturated/α-hetero) is 1. The standard InChI is InChI=1S/C22H16N2O2/c25-20-15-10-4-6-12-17(15)22(19(20)14-8-2-1-3-9-14)23-18-13-7-5-11-16(18)21(26)24-22/h1-13,19,23H,(H,24,26)/t19-,22-/m1/s1. The monoisotopic (exact) mass is 340 g/mol. The Morgan fingerprint density at radius 1 is 0.692 bits per heavy atom. The Hall–Kier alpha value is -3.40. The number of benzene rings is 3. The Bertz CT molecular complexity index is 1040. The van der Waals surface area contributed by atoms with Crippen molar-refractivity contribution in [2.45, 2.75) is 11.6 Å². The molecule has 0 bridgehead atoms. The molecule has 4 heteroatoms. The first-order valence-corrected chi connectivity index (χ1v) is 8.59. The third kappa shape index (κ3) is 1.90. The van der Waals surface area contributed by atoms with E-state index in [-0.39, 0.29) is 11.7 Å². The zero-order valence-corrected chi connectivity index (χ0v) is 13.9. The topological polar surface area (TPSA) is 58.2 Å². The first-order valence-electron chi connectivity index (χ1n) is 8.59. The van der Waals surface area contributed by atoms with Crippen molar-refractivity contribution in [3.8, 4) is 0 Å². The van der Waals surface area contributed by atoms with Crippen LogP contribution < -0.4 is 10.6 Å². The molecule has 0 radical (unpaired) electrons. The molecule has 0 unspecified atom stereocenters. The van der Waals surface area contributed by atoms with E-state index in [0.29, 0.717) is 11.1 Å². The van der Waals surface area contributed by atoms with E-state index in [9.17, 15) is 9.59 Å². The third-order valence-electron chi connectivity index (χ3n) is 5.26. The molecule has 0 aromatic heterocycles. The number of hydrogen-bond acceptors (Lipinski definition) is 3. The maximum atomic E-state index is 13.3. The minimum absolute atomic E-state index is 0.0129. The fraction of sp³-hybridized carbons (Fsp3) is 0.0909. The molecule has 1 amide bonds. The second-order valence-corrected chi connectivity index (χ2v) is 6.69. The zero-order chi connectivity index (χ0) is 17.7. The predicted molar refractivity (Wildman–Crippen MR) is 99.2 cm³/mol. The van der Waals surface area contributed by atoms with Crippen LogP contribution in [0.15, 0.2) is 78.9 Å². The molecule has 2 atom stereocenters. The van der Waals surface area contributed by atoms with Gasteiger partial charge in [-0.15, -0.1) is 0 Å². The zero-order valence-electron chi connectivity index (χ0n) is 13.9. The van der Waals surface area contributed by atoms with Gasteiger partial charge in [0.2, 0.25) is 0 Å². The molecule has 0 saturated carbocycles. The number of fused-ring (bicyclic) bond motifs is 3. The van der Waals surface area contributed by atoms with Crippen LogP contribution in [0, 0.1) is 0 Å². The second-order valence-electron chi connectivity index (χ2n) is 6.69. The molecule has 5 rings (SSSR count). The molecular weight excluding hydrogens is 324 g/mol. The van der Waals surface area contributed by atoms with Gasteiger partial charge >= 0.3 is 0 Å². The lowest BCUT2D eigenvalue weighted by Crippen LogP contribution is -2.57. The van der Waals surface area contributed by atoms with E-state index in [1.54, 1.807) is 6.07 Å². The van der Waals surface area contributed by atoms with Crippen LogP contribution in [-0.4, -0.2) is 11.7 Å². The summed E-state index contributed by atoms with van der Waals surface area (Å²) in [6.07, 6.45) is 0. The molecule has 1 heterocycles. The Labute approximate surface area is 150 Å². The summed E-state index contributed by atoms with van der Waals surface area (Å²) in [5, 5.41) is 6.60. The third-order valence-corrected chi connectivity index (χ3v) is 5.26. The number of carbonyl (C=O) groups is 2. The van der Waals surface area contributed by atoms with Crippen molar-refractivity contribution < 1.29 is 9.59 Å². The number of rotatable bonds is 1. The van der Waals surface area contributed by atoms with E-state index in [1.165, 1.54) is 0 Å². The van der Waals surface area contributed by atoms with Gasteiger partial charge in [-0.1, -0.05) is 66.7 Å². The molecule has 126 valence electrons. The number of nitrogens with one attached hydrogen (secondary N) is 2. The summed E-state index contributed by atoms with van der Waals surface area (Å²) in [7, 11) is 0. The van der Waals surface area contributed by atoms with Crippen LogP contribution in [0.25, 0.3) is 0 Å². The second kappa shape index (κ2) is 5.30. The summed E-state index contributed by atoms with van der Waals surface area (Å²) >= 11 is 0. The highest BCUT2D eigenvalue weighted by Crippen LogP contribution is 2.49. The predicted octanol–water partition coefficient (Wildman–Crippen LogP) is 3.68. The van der Waals surface area contributed by atoms with Gasteiger partial charge in [0.1, 0.15) is 0 Å². The van der Waals surface area contributed by atoms with Gasteiger partial charge in [0, 0.05) is 16.8 Å². The first-order chi connectivity index (χ1) is 12.7. The van der Waals surface area contributed by atoms with Gasteiger partial charge in [0.15, 0.2) is 11.4 Å². The Kier molecular flexibility index (Phi) is 3.04. The highest BCUT2D eigenvalue weighted by molar-refractivity contribution is 6.11. The minimum atomic E-state index is -0.986. The number of para-hydroxylation sites is 1. The molecule has 26 heavy (non-hydrogen) atoms. The summed E-state index contributed by atoms with van der Waals surface area (Å²) in [6.45, 7) is 0. The van der Waals surface area contributed by atoms with Crippen molar-refractivity contribution in [3.63, 3.8) is 0 Å². The Balaban J connectivity index is 1.77. The quantitative estimate of drug-likeness (QED) is 0.710. The van der Waals surface area contributed by atoms with E-state index in [4.69, 9.17) is 0 Å². The summed E-state index contributed by atoms with van der Waals surface area (Å²) in [4.78, 5) is 26.2. The molecule has 1 spiro atoms. The van der Waals surface area contributed by atoms with Crippen molar-refractivity contribution in [2.75, 3.05) is 5.32 Å². The molecule has 2 aliphatic rings. The molecule has 0 fully saturated rings. The molecular formula is C22H16N2O2. The summed E-state index contributed by atoms with van der Waals surface area (Å²) in [5.74, 6) is -0.692. The van der Waals surface area contributed by atoms with Crippen LogP contribution in [0.3, 0.4) is 0 Å². The van der Waals surface area contributed by atoms with Gasteiger partial charge in [-0.05, 0) is 17.7 Å². The fourth-order valence-corrected chi connectivity index (χ4v) is 4.16. The van der Waals surface area contributed by atoms with Crippen LogP contribution in [0.1, 0.15) is 37.8 Å². The highest BCUT2D eigenvalue weighted by Gasteiger charge is 2.55. The minimum Gasteiger partial charge on any atom is -0.357 e.